The van der Waals surface area contributed by atoms with E-state index in [4.69, 9.17) is 4.74 Å². The number of carbonyl (C=O) groups excluding carboxylic acids is 1. The lowest BCUT2D eigenvalue weighted by atomic mass is 10.1. The monoisotopic (exact) mass is 342 g/mol. The second-order valence-electron chi connectivity index (χ2n) is 5.47. The number of nitrogens with one attached hydrogen (secondary N) is 3. The van der Waals surface area contributed by atoms with Crippen LogP contribution in [0.3, 0.4) is 0 Å². The van der Waals surface area contributed by atoms with Crippen LogP contribution in [0.1, 0.15) is 27.9 Å². The molecular weight excluding hydrogens is 324 g/mol. The van der Waals surface area contributed by atoms with Crippen LogP contribution in [0.2, 0.25) is 0 Å². The highest BCUT2D eigenvalue weighted by atomic mass is 16.5. The number of aromatic amines is 2. The number of benzene rings is 1. The zero-order valence-electron chi connectivity index (χ0n) is 13.8. The Hall–Kier alpha value is -3.36. The Morgan fingerprint density at radius 1 is 1.36 bits per heavy atom. The van der Waals surface area contributed by atoms with E-state index < -0.39 is 11.7 Å². The van der Waals surface area contributed by atoms with E-state index >= 15 is 0 Å². The molecule has 0 fully saturated rings. The van der Waals surface area contributed by atoms with Gasteiger partial charge in [0.25, 0.3) is 5.91 Å². The van der Waals surface area contributed by atoms with Crippen molar-refractivity contribution in [3.05, 3.63) is 64.0 Å². The molecule has 1 atom stereocenters. The highest BCUT2D eigenvalue weighted by molar-refractivity contribution is 5.92. The average molecular weight is 342 g/mol. The molecule has 25 heavy (non-hydrogen) atoms. The van der Waals surface area contributed by atoms with Crippen LogP contribution in [0.4, 0.5) is 0 Å². The average Bonchev–Trinajstić information content (AvgIpc) is 3.21. The maximum absolute atomic E-state index is 12.5. The summed E-state index contributed by atoms with van der Waals surface area (Å²) in [5, 5.41) is 13.2. The largest absolute Gasteiger partial charge is 0.481 e. The van der Waals surface area contributed by atoms with Crippen LogP contribution in [0.15, 0.2) is 41.2 Å². The van der Waals surface area contributed by atoms with E-state index in [1.807, 2.05) is 30.3 Å². The first-order chi connectivity index (χ1) is 12.1. The van der Waals surface area contributed by atoms with E-state index in [1.165, 1.54) is 11.8 Å². The zero-order valence-corrected chi connectivity index (χ0v) is 13.8. The number of carbonyl (C=O) groups is 1. The molecule has 1 aromatic carbocycles. The van der Waals surface area contributed by atoms with Gasteiger partial charge in [-0.1, -0.05) is 30.3 Å². The van der Waals surface area contributed by atoms with E-state index in [0.717, 1.165) is 5.56 Å². The van der Waals surface area contributed by atoms with E-state index in [1.54, 1.807) is 13.1 Å². The number of rotatable bonds is 6. The Labute approximate surface area is 143 Å². The molecule has 0 spiro atoms. The van der Waals surface area contributed by atoms with Crippen molar-refractivity contribution in [2.75, 3.05) is 7.11 Å². The number of aromatic nitrogens is 5. The molecule has 3 N–H and O–H groups in total. The van der Waals surface area contributed by atoms with Crippen molar-refractivity contribution in [3.63, 3.8) is 0 Å². The van der Waals surface area contributed by atoms with Crippen LogP contribution < -0.4 is 15.7 Å². The van der Waals surface area contributed by atoms with E-state index in [9.17, 15) is 9.59 Å². The fraction of sp³-hybridized carbons (Fsp3) is 0.250. The van der Waals surface area contributed by atoms with Crippen LogP contribution in [0.25, 0.3) is 0 Å². The number of aryl methyl sites for hydroxylation is 1. The normalized spacial score (nSPS) is 11.9. The van der Waals surface area contributed by atoms with Gasteiger partial charge in [-0.15, -0.1) is 0 Å². The summed E-state index contributed by atoms with van der Waals surface area (Å²) < 4.78 is 6.59. The Balaban J connectivity index is 1.83. The number of ether oxygens (including phenoxy) is 1. The Kier molecular flexibility index (Phi) is 4.64. The predicted octanol–water partition coefficient (Wildman–Crippen LogP) is 0.554. The zero-order chi connectivity index (χ0) is 17.8. The minimum absolute atomic E-state index is 0.218. The van der Waals surface area contributed by atoms with E-state index in [2.05, 4.69) is 25.6 Å². The molecule has 3 rings (SSSR count). The van der Waals surface area contributed by atoms with Gasteiger partial charge in [0, 0.05) is 13.1 Å². The van der Waals surface area contributed by atoms with Crippen molar-refractivity contribution in [1.29, 1.82) is 0 Å². The van der Waals surface area contributed by atoms with Crippen molar-refractivity contribution in [2.45, 2.75) is 12.5 Å². The first-order valence-electron chi connectivity index (χ1n) is 7.64. The van der Waals surface area contributed by atoms with Gasteiger partial charge in [-0.25, -0.2) is 14.6 Å². The van der Waals surface area contributed by atoms with Gasteiger partial charge in [0.1, 0.15) is 0 Å². The van der Waals surface area contributed by atoms with Crippen molar-refractivity contribution in [3.8, 4) is 5.88 Å². The number of methoxy groups -OCH3 is 1. The number of H-pyrrole nitrogens is 2. The Morgan fingerprint density at radius 3 is 2.72 bits per heavy atom. The molecule has 2 heterocycles. The van der Waals surface area contributed by atoms with E-state index in [-0.39, 0.29) is 11.6 Å². The van der Waals surface area contributed by atoms with Crippen LogP contribution in [0, 0.1) is 0 Å². The summed E-state index contributed by atoms with van der Waals surface area (Å²) in [5.41, 5.74) is 0.785. The fourth-order valence-electron chi connectivity index (χ4n) is 2.50. The lowest BCUT2D eigenvalue weighted by Crippen LogP contribution is -2.31. The summed E-state index contributed by atoms with van der Waals surface area (Å²) in [6, 6.07) is 10.6. The van der Waals surface area contributed by atoms with Gasteiger partial charge in [-0.3, -0.25) is 9.78 Å². The van der Waals surface area contributed by atoms with Crippen molar-refractivity contribution >= 4 is 5.91 Å². The lowest BCUT2D eigenvalue weighted by molar-refractivity contribution is 0.0929. The molecule has 0 aliphatic carbocycles. The highest BCUT2D eigenvalue weighted by Crippen LogP contribution is 2.16. The first-order valence-corrected chi connectivity index (χ1v) is 7.64. The van der Waals surface area contributed by atoms with Gasteiger partial charge >= 0.3 is 5.69 Å². The van der Waals surface area contributed by atoms with Crippen molar-refractivity contribution < 1.29 is 9.53 Å². The van der Waals surface area contributed by atoms with Gasteiger partial charge in [-0.2, -0.15) is 10.2 Å². The molecule has 2 aromatic heterocycles. The quantitative estimate of drug-likeness (QED) is 0.605. The summed E-state index contributed by atoms with van der Waals surface area (Å²) in [5.74, 6) is 0.437. The molecule has 0 bridgehead atoms. The summed E-state index contributed by atoms with van der Waals surface area (Å²) >= 11 is 0. The molecule has 0 aliphatic rings. The van der Waals surface area contributed by atoms with Crippen LogP contribution in [-0.2, 0) is 13.5 Å². The lowest BCUT2D eigenvalue weighted by Gasteiger charge is -2.15. The van der Waals surface area contributed by atoms with Crippen LogP contribution in [0.5, 0.6) is 5.88 Å². The van der Waals surface area contributed by atoms with Gasteiger partial charge in [-0.05, 0) is 12.0 Å². The maximum atomic E-state index is 12.5. The maximum Gasteiger partial charge on any atom is 0.340 e. The molecule has 1 amide bonds. The topological polar surface area (TPSA) is 118 Å². The van der Waals surface area contributed by atoms with Gasteiger partial charge < -0.3 is 10.1 Å². The SMILES string of the molecule is COc1cc(C(=O)N[C@@H](Cc2ccccc2)c2n[nH]c(=O)[nH]2)nn1C. The second-order valence-corrected chi connectivity index (χ2v) is 5.47. The minimum Gasteiger partial charge on any atom is -0.481 e. The predicted molar refractivity (Wildman–Crippen MR) is 89.3 cm³/mol. The molecule has 0 radical (unpaired) electrons. The summed E-state index contributed by atoms with van der Waals surface area (Å²) in [6.07, 6.45) is 0.470. The smallest absolute Gasteiger partial charge is 0.340 e. The molecule has 9 nitrogen and oxygen atoms in total. The molecule has 9 heteroatoms. The number of amides is 1. The number of hydrogen-bond acceptors (Lipinski definition) is 5. The fourth-order valence-corrected chi connectivity index (χ4v) is 2.50. The van der Waals surface area contributed by atoms with Gasteiger partial charge in [0.2, 0.25) is 5.88 Å². The van der Waals surface area contributed by atoms with Crippen LogP contribution in [-0.4, -0.2) is 38.0 Å². The van der Waals surface area contributed by atoms with Crippen molar-refractivity contribution in [1.82, 2.24) is 30.3 Å². The molecule has 0 saturated heterocycles. The molecule has 130 valence electrons. The van der Waals surface area contributed by atoms with Crippen molar-refractivity contribution in [2.24, 2.45) is 7.05 Å². The minimum atomic E-state index is -0.512. The Bertz CT molecular complexity index is 911. The number of hydrogen-bond donors (Lipinski definition) is 3. The Morgan fingerprint density at radius 2 is 2.12 bits per heavy atom. The van der Waals surface area contributed by atoms with Crippen LogP contribution >= 0.6 is 0 Å². The summed E-state index contributed by atoms with van der Waals surface area (Å²) in [6.45, 7) is 0. The molecule has 0 unspecified atom stereocenters. The molecule has 3 aromatic rings. The second kappa shape index (κ2) is 7.04. The molecular formula is C16H18N6O3. The molecule has 0 saturated carbocycles. The standard InChI is InChI=1S/C16H18N6O3/c1-22-13(25-2)9-12(21-22)15(23)17-11(14-18-16(24)20-19-14)8-10-6-4-3-5-7-10/h3-7,9,11H,8H2,1-2H3,(H,17,23)(H2,18,19,20,24)/t11-/m0/s1. The third kappa shape index (κ3) is 3.77. The third-order valence-corrected chi connectivity index (χ3v) is 3.72. The van der Waals surface area contributed by atoms with Gasteiger partial charge in [0.15, 0.2) is 11.5 Å². The van der Waals surface area contributed by atoms with E-state index in [0.29, 0.717) is 18.1 Å². The number of nitrogens with zero attached hydrogens (tertiary/aromatic N) is 3. The highest BCUT2D eigenvalue weighted by Gasteiger charge is 2.22. The third-order valence-electron chi connectivity index (χ3n) is 3.72. The summed E-state index contributed by atoms with van der Waals surface area (Å²) in [7, 11) is 3.19. The summed E-state index contributed by atoms with van der Waals surface area (Å²) in [4.78, 5) is 26.5. The van der Waals surface area contributed by atoms with Gasteiger partial charge in [0.05, 0.1) is 13.2 Å². The first kappa shape index (κ1) is 16.5. The molecule has 0 aliphatic heterocycles.